The molecule has 2 saturated carbocycles. The predicted octanol–water partition coefficient (Wildman–Crippen LogP) is 5.81. The monoisotopic (exact) mass is 436 g/mol. The molecule has 1 amide bonds. The van der Waals surface area contributed by atoms with Crippen LogP contribution < -0.4 is 5.73 Å². The summed E-state index contributed by atoms with van der Waals surface area (Å²) in [5.41, 5.74) is 4.69. The van der Waals surface area contributed by atoms with Crippen molar-refractivity contribution in [3.8, 4) is 6.07 Å². The van der Waals surface area contributed by atoms with E-state index in [9.17, 15) is 13.6 Å². The lowest BCUT2D eigenvalue weighted by molar-refractivity contribution is -0.126. The minimum Gasteiger partial charge on any atom is -0.369 e. The Bertz CT molecular complexity index is 979. The SMILES string of the molecule is N#CC1(c2cccc(Cl)c2F)CCC1.NC(=O)C1(c2cccc(Cl)c2F)CCC1. The number of nitrogens with two attached hydrogens (primary N) is 1. The number of hydrogen-bond acceptors (Lipinski definition) is 2. The van der Waals surface area contributed by atoms with E-state index in [-0.39, 0.29) is 10.0 Å². The lowest BCUT2D eigenvalue weighted by Crippen LogP contribution is -2.47. The highest BCUT2D eigenvalue weighted by Crippen LogP contribution is 2.46. The summed E-state index contributed by atoms with van der Waals surface area (Å²) in [6, 6.07) is 11.8. The van der Waals surface area contributed by atoms with Crippen molar-refractivity contribution in [2.24, 2.45) is 5.73 Å². The second kappa shape index (κ2) is 8.30. The Labute approximate surface area is 178 Å². The summed E-state index contributed by atoms with van der Waals surface area (Å²) in [5, 5.41) is 9.19. The molecular formula is C22H20Cl2F2N2O. The Morgan fingerprint density at radius 2 is 1.41 bits per heavy atom. The smallest absolute Gasteiger partial charge is 0.228 e. The summed E-state index contributed by atoms with van der Waals surface area (Å²) in [6.07, 6.45) is 4.58. The first kappa shape index (κ1) is 21.5. The Hall–Kier alpha value is -2.16. The number of halogens is 4. The number of benzene rings is 2. The minimum absolute atomic E-state index is 0.0417. The number of carbonyl (C=O) groups is 1. The van der Waals surface area contributed by atoms with Crippen LogP contribution in [0.25, 0.3) is 0 Å². The van der Waals surface area contributed by atoms with Crippen LogP contribution in [-0.2, 0) is 15.6 Å². The average Bonchev–Trinajstić information content (AvgIpc) is 2.61. The van der Waals surface area contributed by atoms with Crippen LogP contribution in [0.1, 0.15) is 49.7 Å². The van der Waals surface area contributed by atoms with Gasteiger partial charge in [-0.05, 0) is 44.2 Å². The van der Waals surface area contributed by atoms with Gasteiger partial charge in [0.05, 0.1) is 26.9 Å². The average molecular weight is 437 g/mol. The standard InChI is InChI=1S/C11H11ClFNO.C11H9ClFN/c12-8-4-1-3-7(9(8)13)11(10(14)15)5-2-6-11;12-9-4-1-3-8(10(9)13)11(7-14)5-2-6-11/h1,3-4H,2,5-6H2,(H2,14,15);1,3-4H,2,5-6H2. The van der Waals surface area contributed by atoms with E-state index in [0.717, 1.165) is 25.7 Å². The molecule has 0 bridgehead atoms. The second-order valence-electron chi connectivity index (χ2n) is 7.55. The zero-order valence-corrected chi connectivity index (χ0v) is 17.2. The van der Waals surface area contributed by atoms with Crippen LogP contribution in [0.5, 0.6) is 0 Å². The minimum atomic E-state index is -0.824. The van der Waals surface area contributed by atoms with Gasteiger partial charge in [0.1, 0.15) is 11.6 Å². The molecule has 7 heteroatoms. The Kier molecular flexibility index (Phi) is 6.16. The molecule has 2 aromatic carbocycles. The van der Waals surface area contributed by atoms with Crippen molar-refractivity contribution in [2.75, 3.05) is 0 Å². The molecule has 2 aliphatic carbocycles. The predicted molar refractivity (Wildman–Crippen MR) is 109 cm³/mol. The van der Waals surface area contributed by atoms with Gasteiger partial charge in [-0.2, -0.15) is 5.26 Å². The number of nitriles is 1. The van der Waals surface area contributed by atoms with Crippen molar-refractivity contribution in [3.05, 3.63) is 69.2 Å². The number of nitrogens with zero attached hydrogens (tertiary/aromatic N) is 1. The van der Waals surface area contributed by atoms with Gasteiger partial charge in [0.15, 0.2) is 0 Å². The van der Waals surface area contributed by atoms with Gasteiger partial charge >= 0.3 is 0 Å². The lowest BCUT2D eigenvalue weighted by atomic mass is 9.64. The van der Waals surface area contributed by atoms with Gasteiger partial charge in [-0.1, -0.05) is 53.9 Å². The summed E-state index contributed by atoms with van der Waals surface area (Å²) in [4.78, 5) is 11.4. The van der Waals surface area contributed by atoms with E-state index >= 15 is 0 Å². The van der Waals surface area contributed by atoms with Crippen LogP contribution >= 0.6 is 23.2 Å². The lowest BCUT2D eigenvalue weighted by Gasteiger charge is -2.39. The van der Waals surface area contributed by atoms with Crippen LogP contribution in [0.2, 0.25) is 10.0 Å². The first-order valence-electron chi connectivity index (χ1n) is 9.37. The van der Waals surface area contributed by atoms with Gasteiger partial charge < -0.3 is 5.73 Å². The fourth-order valence-corrected chi connectivity index (χ4v) is 4.25. The van der Waals surface area contributed by atoms with Gasteiger partial charge in [0, 0.05) is 11.1 Å². The third-order valence-corrected chi connectivity index (χ3v) is 6.62. The topological polar surface area (TPSA) is 66.9 Å². The van der Waals surface area contributed by atoms with Crippen molar-refractivity contribution in [3.63, 3.8) is 0 Å². The van der Waals surface area contributed by atoms with E-state index in [1.807, 2.05) is 0 Å². The van der Waals surface area contributed by atoms with Gasteiger partial charge in [0.25, 0.3) is 0 Å². The number of carbonyl (C=O) groups excluding carboxylic acids is 1. The van der Waals surface area contributed by atoms with E-state index in [1.54, 1.807) is 24.3 Å². The molecule has 2 aliphatic rings. The van der Waals surface area contributed by atoms with Crippen molar-refractivity contribution in [1.82, 2.24) is 0 Å². The molecule has 3 nitrogen and oxygen atoms in total. The van der Waals surface area contributed by atoms with Gasteiger partial charge in [-0.3, -0.25) is 4.79 Å². The maximum atomic E-state index is 13.7. The molecule has 2 aromatic rings. The van der Waals surface area contributed by atoms with Gasteiger partial charge in [0.2, 0.25) is 5.91 Å². The molecule has 0 saturated heterocycles. The van der Waals surface area contributed by atoms with Crippen molar-refractivity contribution in [2.45, 2.75) is 49.4 Å². The molecular weight excluding hydrogens is 417 g/mol. The first-order valence-corrected chi connectivity index (χ1v) is 10.1. The fraction of sp³-hybridized carbons (Fsp3) is 0.364. The van der Waals surface area contributed by atoms with Crippen LogP contribution in [0.15, 0.2) is 36.4 Å². The maximum Gasteiger partial charge on any atom is 0.228 e. The van der Waals surface area contributed by atoms with Crippen LogP contribution in [0, 0.1) is 23.0 Å². The zero-order valence-electron chi connectivity index (χ0n) is 15.7. The molecule has 0 unspecified atom stereocenters. The number of rotatable bonds is 3. The third kappa shape index (κ3) is 3.72. The van der Waals surface area contributed by atoms with Crippen LogP contribution in [0.4, 0.5) is 8.78 Å². The molecule has 152 valence electrons. The fourth-order valence-electron chi connectivity index (χ4n) is 3.90. The largest absolute Gasteiger partial charge is 0.369 e. The molecule has 4 rings (SSSR count). The zero-order chi connectivity index (χ0) is 21.2. The van der Waals surface area contributed by atoms with E-state index < -0.39 is 28.4 Å². The second-order valence-corrected chi connectivity index (χ2v) is 8.36. The highest BCUT2D eigenvalue weighted by molar-refractivity contribution is 6.31. The van der Waals surface area contributed by atoms with E-state index in [2.05, 4.69) is 6.07 Å². The third-order valence-electron chi connectivity index (χ3n) is 6.03. The Balaban J connectivity index is 0.000000166. The maximum absolute atomic E-state index is 13.7. The van der Waals surface area contributed by atoms with E-state index in [0.29, 0.717) is 24.0 Å². The summed E-state index contributed by atoms with van der Waals surface area (Å²) < 4.78 is 27.4. The highest BCUT2D eigenvalue weighted by Gasteiger charge is 2.46. The first-order chi connectivity index (χ1) is 13.8. The van der Waals surface area contributed by atoms with Crippen molar-refractivity contribution in [1.29, 1.82) is 5.26 Å². The number of primary amides is 1. The summed E-state index contributed by atoms with van der Waals surface area (Å²) in [7, 11) is 0. The number of amides is 1. The molecule has 0 spiro atoms. The summed E-state index contributed by atoms with van der Waals surface area (Å²) in [6.45, 7) is 0. The van der Waals surface area contributed by atoms with Crippen LogP contribution in [-0.4, -0.2) is 5.91 Å². The van der Waals surface area contributed by atoms with Crippen molar-refractivity contribution < 1.29 is 13.6 Å². The molecule has 2 fully saturated rings. The highest BCUT2D eigenvalue weighted by atomic mass is 35.5. The number of hydrogen-bond donors (Lipinski definition) is 1. The molecule has 0 atom stereocenters. The van der Waals surface area contributed by atoms with E-state index in [1.165, 1.54) is 12.1 Å². The summed E-state index contributed by atoms with van der Waals surface area (Å²) in [5.74, 6) is -1.41. The Morgan fingerprint density at radius 1 is 0.931 bits per heavy atom. The molecule has 29 heavy (non-hydrogen) atoms. The molecule has 0 aliphatic heterocycles. The molecule has 0 heterocycles. The van der Waals surface area contributed by atoms with E-state index in [4.69, 9.17) is 34.2 Å². The normalized spacial score (nSPS) is 18.3. The Morgan fingerprint density at radius 3 is 1.79 bits per heavy atom. The van der Waals surface area contributed by atoms with Gasteiger partial charge in [-0.25, -0.2) is 8.78 Å². The van der Waals surface area contributed by atoms with Crippen LogP contribution in [0.3, 0.4) is 0 Å². The van der Waals surface area contributed by atoms with Gasteiger partial charge in [-0.15, -0.1) is 0 Å². The molecule has 2 N–H and O–H groups in total. The molecule has 0 radical (unpaired) electrons. The van der Waals surface area contributed by atoms with Crippen molar-refractivity contribution >= 4 is 29.1 Å². The molecule has 0 aromatic heterocycles. The summed E-state index contributed by atoms with van der Waals surface area (Å²) >= 11 is 11.4. The quantitative estimate of drug-likeness (QED) is 0.659.